The predicted octanol–water partition coefficient (Wildman–Crippen LogP) is 4.76. The molecule has 1 fully saturated rings. The fourth-order valence-electron chi connectivity index (χ4n) is 5.20. The van der Waals surface area contributed by atoms with E-state index in [0.717, 1.165) is 80.0 Å². The third kappa shape index (κ3) is 5.81. The standard InChI is InChI=1S/C25H31F2N5O2S/c1-25(26,27)34-24-29-21-15-32(13-11-22(21)35-24)12-10-16-6-8-17(9-7-16)28-23(33)18-4-3-5-20-19(18)14-31(2)30-20/h3-5,14,16-17H,6-13,15H2,1-2H3,(H,28,33)/t16-,17-. The molecule has 0 saturated heterocycles. The summed E-state index contributed by atoms with van der Waals surface area (Å²) in [5.41, 5.74) is 2.38. The summed E-state index contributed by atoms with van der Waals surface area (Å²) in [5.74, 6) is 0.614. The summed E-state index contributed by atoms with van der Waals surface area (Å²) in [7, 11) is 1.86. The van der Waals surface area contributed by atoms with Crippen LogP contribution in [-0.2, 0) is 20.0 Å². The lowest BCUT2D eigenvalue weighted by Gasteiger charge is -2.32. The second-order valence-corrected chi connectivity index (χ2v) is 10.9. The minimum atomic E-state index is -3.20. The molecule has 35 heavy (non-hydrogen) atoms. The van der Waals surface area contributed by atoms with Crippen molar-refractivity contribution in [1.82, 2.24) is 25.0 Å². The van der Waals surface area contributed by atoms with Crippen molar-refractivity contribution >= 4 is 28.1 Å². The van der Waals surface area contributed by atoms with Gasteiger partial charge in [0, 0.05) is 49.6 Å². The highest BCUT2D eigenvalue weighted by atomic mass is 32.1. The quantitative estimate of drug-likeness (QED) is 0.504. The van der Waals surface area contributed by atoms with Crippen molar-refractivity contribution in [2.75, 3.05) is 13.1 Å². The van der Waals surface area contributed by atoms with Crippen molar-refractivity contribution in [1.29, 1.82) is 0 Å². The number of aryl methyl sites for hydroxylation is 1. The molecule has 1 saturated carbocycles. The van der Waals surface area contributed by atoms with E-state index in [9.17, 15) is 13.6 Å². The van der Waals surface area contributed by atoms with E-state index in [1.54, 1.807) is 4.68 Å². The summed E-state index contributed by atoms with van der Waals surface area (Å²) in [5, 5.41) is 8.57. The molecule has 188 valence electrons. The lowest BCUT2D eigenvalue weighted by atomic mass is 9.84. The number of benzene rings is 1. The van der Waals surface area contributed by atoms with E-state index in [1.807, 2.05) is 31.4 Å². The van der Waals surface area contributed by atoms with Gasteiger partial charge in [0.05, 0.1) is 16.8 Å². The van der Waals surface area contributed by atoms with Crippen LogP contribution in [0, 0.1) is 5.92 Å². The lowest BCUT2D eigenvalue weighted by Crippen LogP contribution is -2.38. The van der Waals surface area contributed by atoms with Gasteiger partial charge in [0.15, 0.2) is 0 Å². The van der Waals surface area contributed by atoms with Crippen LogP contribution in [-0.4, -0.2) is 50.8 Å². The van der Waals surface area contributed by atoms with Gasteiger partial charge in [-0.15, -0.1) is 0 Å². The van der Waals surface area contributed by atoms with Gasteiger partial charge in [0.25, 0.3) is 11.1 Å². The third-order valence-electron chi connectivity index (χ3n) is 7.00. The fraction of sp³-hybridized carbons (Fsp3) is 0.560. The lowest BCUT2D eigenvalue weighted by molar-refractivity contribution is -0.159. The molecule has 2 aliphatic rings. The molecule has 3 heterocycles. The van der Waals surface area contributed by atoms with Crippen molar-refractivity contribution in [2.45, 2.75) is 64.1 Å². The molecular weight excluding hydrogens is 472 g/mol. The molecular formula is C25H31F2N5O2S. The second kappa shape index (κ2) is 9.81. The number of nitrogens with one attached hydrogen (secondary N) is 1. The summed E-state index contributed by atoms with van der Waals surface area (Å²) in [6, 6.07) is 5.86. The van der Waals surface area contributed by atoms with Crippen LogP contribution in [0.25, 0.3) is 10.9 Å². The minimum absolute atomic E-state index is 0.0244. The number of thiazole rings is 1. The number of aromatic nitrogens is 3. The van der Waals surface area contributed by atoms with Gasteiger partial charge in [-0.2, -0.15) is 13.9 Å². The zero-order valence-corrected chi connectivity index (χ0v) is 20.9. The molecule has 1 amide bonds. The number of ether oxygens (including phenoxy) is 1. The molecule has 3 aromatic rings. The van der Waals surface area contributed by atoms with Crippen LogP contribution in [0.5, 0.6) is 5.19 Å². The van der Waals surface area contributed by atoms with E-state index < -0.39 is 6.11 Å². The smallest absolute Gasteiger partial charge is 0.396 e. The summed E-state index contributed by atoms with van der Waals surface area (Å²) >= 11 is 1.24. The maximum absolute atomic E-state index is 13.1. The Kier molecular flexibility index (Phi) is 6.76. The average molecular weight is 504 g/mol. The molecule has 2 aromatic heterocycles. The van der Waals surface area contributed by atoms with Crippen LogP contribution >= 0.6 is 11.3 Å². The van der Waals surface area contributed by atoms with Crippen LogP contribution < -0.4 is 10.1 Å². The number of nitrogens with zero attached hydrogens (tertiary/aromatic N) is 4. The maximum atomic E-state index is 13.1. The highest BCUT2D eigenvalue weighted by Gasteiger charge is 2.29. The molecule has 1 aromatic carbocycles. The molecule has 0 spiro atoms. The van der Waals surface area contributed by atoms with E-state index in [-0.39, 0.29) is 17.1 Å². The van der Waals surface area contributed by atoms with Crippen molar-refractivity contribution < 1.29 is 18.3 Å². The van der Waals surface area contributed by atoms with E-state index in [2.05, 4.69) is 25.0 Å². The highest BCUT2D eigenvalue weighted by Crippen LogP contribution is 2.33. The van der Waals surface area contributed by atoms with E-state index >= 15 is 0 Å². The number of hydrogen-bond donors (Lipinski definition) is 1. The first-order valence-corrected chi connectivity index (χ1v) is 13.1. The number of hydrogen-bond acceptors (Lipinski definition) is 6. The van der Waals surface area contributed by atoms with Crippen LogP contribution in [0.15, 0.2) is 24.4 Å². The Morgan fingerprint density at radius 3 is 2.86 bits per heavy atom. The van der Waals surface area contributed by atoms with Crippen molar-refractivity contribution in [3.8, 4) is 5.19 Å². The van der Waals surface area contributed by atoms with Gasteiger partial charge in [0.2, 0.25) is 0 Å². The van der Waals surface area contributed by atoms with Gasteiger partial charge in [-0.1, -0.05) is 17.4 Å². The van der Waals surface area contributed by atoms with Gasteiger partial charge in [-0.25, -0.2) is 4.98 Å². The summed E-state index contributed by atoms with van der Waals surface area (Å²) in [6.07, 6.45) is 4.79. The van der Waals surface area contributed by atoms with Gasteiger partial charge in [-0.05, 0) is 63.1 Å². The number of halogens is 2. The minimum Gasteiger partial charge on any atom is -0.406 e. The van der Waals surface area contributed by atoms with Gasteiger partial charge < -0.3 is 10.1 Å². The van der Waals surface area contributed by atoms with Gasteiger partial charge >= 0.3 is 6.11 Å². The van der Waals surface area contributed by atoms with Crippen LogP contribution in [0.3, 0.4) is 0 Å². The van der Waals surface area contributed by atoms with Crippen molar-refractivity contribution in [3.05, 3.63) is 40.5 Å². The SMILES string of the molecule is Cn1cc2c(C(=O)N[C@H]3CC[C@H](CCN4CCc5sc(OC(C)(F)F)nc5C4)CC3)cccc2n1. The fourth-order valence-corrected chi connectivity index (χ4v) is 6.18. The van der Waals surface area contributed by atoms with E-state index in [1.165, 1.54) is 11.3 Å². The predicted molar refractivity (Wildman–Crippen MR) is 131 cm³/mol. The molecule has 0 radical (unpaired) electrons. The molecule has 1 aliphatic carbocycles. The number of carbonyl (C=O) groups excluding carboxylic acids is 1. The Labute approximate surface area is 207 Å². The second-order valence-electron chi connectivity index (χ2n) is 9.81. The molecule has 1 N–H and O–H groups in total. The topological polar surface area (TPSA) is 72.3 Å². The molecule has 0 bridgehead atoms. The molecule has 0 atom stereocenters. The monoisotopic (exact) mass is 503 g/mol. The zero-order valence-electron chi connectivity index (χ0n) is 20.1. The summed E-state index contributed by atoms with van der Waals surface area (Å²) in [6.45, 7) is 3.32. The average Bonchev–Trinajstić information content (AvgIpc) is 3.38. The Bertz CT molecular complexity index is 1200. The molecule has 5 rings (SSSR count). The van der Waals surface area contributed by atoms with Crippen LogP contribution in [0.2, 0.25) is 0 Å². The van der Waals surface area contributed by atoms with E-state index in [4.69, 9.17) is 0 Å². The maximum Gasteiger partial charge on any atom is 0.396 e. The number of alkyl halides is 2. The Hall–Kier alpha value is -2.59. The number of rotatable bonds is 7. The van der Waals surface area contributed by atoms with E-state index in [0.29, 0.717) is 18.0 Å². The summed E-state index contributed by atoms with van der Waals surface area (Å²) in [4.78, 5) is 20.6. The number of amides is 1. The molecule has 10 heteroatoms. The first-order valence-electron chi connectivity index (χ1n) is 12.2. The first kappa shape index (κ1) is 24.1. The molecule has 7 nitrogen and oxygen atoms in total. The van der Waals surface area contributed by atoms with Crippen molar-refractivity contribution in [3.63, 3.8) is 0 Å². The number of carbonyl (C=O) groups is 1. The Balaban J connectivity index is 1.07. The normalized spacial score (nSPS) is 21.1. The van der Waals surface area contributed by atoms with Gasteiger partial charge in [0.1, 0.15) is 0 Å². The highest BCUT2D eigenvalue weighted by molar-refractivity contribution is 7.13. The van der Waals surface area contributed by atoms with Gasteiger partial charge in [-0.3, -0.25) is 14.4 Å². The molecule has 1 aliphatic heterocycles. The van der Waals surface area contributed by atoms with Crippen molar-refractivity contribution in [2.24, 2.45) is 13.0 Å². The largest absolute Gasteiger partial charge is 0.406 e. The molecule has 0 unspecified atom stereocenters. The Morgan fingerprint density at radius 2 is 2.09 bits per heavy atom. The van der Waals surface area contributed by atoms with Crippen LogP contribution in [0.4, 0.5) is 8.78 Å². The summed E-state index contributed by atoms with van der Waals surface area (Å²) < 4.78 is 32.7. The first-order chi connectivity index (χ1) is 16.7. The zero-order chi connectivity index (χ0) is 24.6. The van der Waals surface area contributed by atoms with Crippen LogP contribution in [0.1, 0.15) is 60.0 Å². The number of fused-ring (bicyclic) bond motifs is 2. The third-order valence-corrected chi connectivity index (χ3v) is 8.03. The Morgan fingerprint density at radius 1 is 1.29 bits per heavy atom.